The molecular weight excluding hydrogens is 352 g/mol. The number of esters is 1. The first kappa shape index (κ1) is 24.9. The Balaban J connectivity index is 5.11. The summed E-state index contributed by atoms with van der Waals surface area (Å²) < 4.78 is 16.6. The van der Waals surface area contributed by atoms with Gasteiger partial charge in [0.25, 0.3) is 0 Å². The number of rotatable bonds is 8. The molecule has 0 radical (unpaired) electrons. The zero-order valence-corrected chi connectivity index (χ0v) is 19.1. The number of amides is 1. The van der Waals surface area contributed by atoms with E-state index in [4.69, 9.17) is 13.9 Å². The van der Waals surface area contributed by atoms with Crippen molar-refractivity contribution < 1.29 is 23.5 Å². The van der Waals surface area contributed by atoms with Gasteiger partial charge in [0, 0.05) is 6.54 Å². The summed E-state index contributed by atoms with van der Waals surface area (Å²) in [4.78, 5) is 24.0. The standard InChI is InChI=1S/C18H38N2O5Si/c1-17(2,3)24-16(22)20-12-11-13(14(19-7)15(21)23-8)25-26(9,10)18(4,5)6/h13-14,19H,11-12H2,1-10H3,(H,20,22)/t13-,14-/m0/s1. The number of ether oxygens (including phenoxy) is 2. The van der Waals surface area contributed by atoms with E-state index >= 15 is 0 Å². The summed E-state index contributed by atoms with van der Waals surface area (Å²) in [5, 5.41) is 5.70. The van der Waals surface area contributed by atoms with Crippen molar-refractivity contribution in [3.05, 3.63) is 0 Å². The number of hydrogen-bond donors (Lipinski definition) is 2. The van der Waals surface area contributed by atoms with E-state index in [1.54, 1.807) is 7.05 Å². The third kappa shape index (κ3) is 8.51. The Morgan fingerprint density at radius 1 is 1.08 bits per heavy atom. The van der Waals surface area contributed by atoms with Gasteiger partial charge in [-0.1, -0.05) is 20.8 Å². The molecule has 0 rings (SSSR count). The van der Waals surface area contributed by atoms with E-state index in [1.807, 2.05) is 20.8 Å². The lowest BCUT2D eigenvalue weighted by atomic mass is 10.1. The van der Waals surface area contributed by atoms with Crippen LogP contribution in [0.3, 0.4) is 0 Å². The van der Waals surface area contributed by atoms with Gasteiger partial charge in [0.15, 0.2) is 8.32 Å². The second kappa shape index (κ2) is 9.71. The zero-order valence-electron chi connectivity index (χ0n) is 18.1. The van der Waals surface area contributed by atoms with E-state index < -0.39 is 32.2 Å². The molecule has 0 aliphatic heterocycles. The summed E-state index contributed by atoms with van der Waals surface area (Å²) >= 11 is 0. The minimum absolute atomic E-state index is 0.00173. The monoisotopic (exact) mass is 390 g/mol. The van der Waals surface area contributed by atoms with Gasteiger partial charge >= 0.3 is 12.1 Å². The Labute approximate surface area is 159 Å². The van der Waals surface area contributed by atoms with Crippen LogP contribution < -0.4 is 10.6 Å². The van der Waals surface area contributed by atoms with E-state index in [-0.39, 0.29) is 11.0 Å². The maximum Gasteiger partial charge on any atom is 0.407 e. The van der Waals surface area contributed by atoms with Gasteiger partial charge in [-0.25, -0.2) is 4.79 Å². The first-order valence-corrected chi connectivity index (χ1v) is 11.9. The number of alkyl carbamates (subject to hydrolysis) is 1. The third-order valence-electron chi connectivity index (χ3n) is 4.49. The molecule has 1 amide bonds. The van der Waals surface area contributed by atoms with Crippen LogP contribution in [0, 0.1) is 0 Å². The molecule has 0 aliphatic rings. The minimum atomic E-state index is -2.11. The molecule has 0 aromatic carbocycles. The SMILES string of the molecule is CN[C@H](C(=O)OC)[C@H](CCNC(=O)OC(C)(C)C)O[Si](C)(C)C(C)(C)C. The van der Waals surface area contributed by atoms with E-state index in [9.17, 15) is 9.59 Å². The molecule has 26 heavy (non-hydrogen) atoms. The molecule has 0 saturated carbocycles. The van der Waals surface area contributed by atoms with Crippen LogP contribution in [-0.2, 0) is 18.7 Å². The zero-order chi connectivity index (χ0) is 20.8. The molecule has 0 saturated heterocycles. The lowest BCUT2D eigenvalue weighted by Crippen LogP contribution is -2.54. The van der Waals surface area contributed by atoms with Crippen molar-refractivity contribution in [1.82, 2.24) is 10.6 Å². The lowest BCUT2D eigenvalue weighted by molar-refractivity contribution is -0.145. The van der Waals surface area contributed by atoms with Crippen LogP contribution in [0.1, 0.15) is 48.0 Å². The molecule has 7 nitrogen and oxygen atoms in total. The Kier molecular flexibility index (Phi) is 9.29. The van der Waals surface area contributed by atoms with E-state index in [2.05, 4.69) is 44.5 Å². The predicted octanol–water partition coefficient (Wildman–Crippen LogP) is 3.05. The van der Waals surface area contributed by atoms with Gasteiger partial charge < -0.3 is 24.5 Å². The second-order valence-corrected chi connectivity index (χ2v) is 13.7. The van der Waals surface area contributed by atoms with Crippen molar-refractivity contribution in [3.63, 3.8) is 0 Å². The largest absolute Gasteiger partial charge is 0.468 e. The molecule has 0 aliphatic carbocycles. The highest BCUT2D eigenvalue weighted by Gasteiger charge is 2.42. The highest BCUT2D eigenvalue weighted by atomic mass is 28.4. The van der Waals surface area contributed by atoms with Crippen molar-refractivity contribution in [2.75, 3.05) is 20.7 Å². The van der Waals surface area contributed by atoms with Crippen LogP contribution in [0.2, 0.25) is 18.1 Å². The van der Waals surface area contributed by atoms with Crippen LogP contribution in [0.15, 0.2) is 0 Å². The Morgan fingerprint density at radius 3 is 2.00 bits per heavy atom. The van der Waals surface area contributed by atoms with Crippen LogP contribution >= 0.6 is 0 Å². The van der Waals surface area contributed by atoms with Crippen molar-refractivity contribution in [1.29, 1.82) is 0 Å². The summed E-state index contributed by atoms with van der Waals surface area (Å²) in [6.45, 7) is 16.4. The molecule has 2 N–H and O–H groups in total. The van der Waals surface area contributed by atoms with Crippen molar-refractivity contribution in [2.45, 2.75) is 83.8 Å². The molecule has 0 unspecified atom stereocenters. The number of likely N-dealkylation sites (N-methyl/N-ethyl adjacent to an activating group) is 1. The van der Waals surface area contributed by atoms with Crippen LogP contribution in [-0.4, -0.2) is 58.8 Å². The van der Waals surface area contributed by atoms with E-state index in [1.165, 1.54) is 7.11 Å². The summed E-state index contributed by atoms with van der Waals surface area (Å²) in [6.07, 6.45) is -0.433. The molecular formula is C18H38N2O5Si. The predicted molar refractivity (Wildman–Crippen MR) is 106 cm³/mol. The lowest BCUT2D eigenvalue weighted by Gasteiger charge is -2.41. The van der Waals surface area contributed by atoms with Gasteiger partial charge in [-0.2, -0.15) is 0 Å². The van der Waals surface area contributed by atoms with Crippen molar-refractivity contribution >= 4 is 20.4 Å². The Morgan fingerprint density at radius 2 is 1.62 bits per heavy atom. The second-order valence-electron chi connectivity index (χ2n) is 8.92. The molecule has 0 bridgehead atoms. The summed E-state index contributed by atoms with van der Waals surface area (Å²) in [5.74, 6) is -0.381. The first-order chi connectivity index (χ1) is 11.6. The number of carbonyl (C=O) groups excluding carboxylic acids is 2. The van der Waals surface area contributed by atoms with Gasteiger partial charge in [0.2, 0.25) is 0 Å². The molecule has 0 fully saturated rings. The Hall–Kier alpha value is -1.12. The quantitative estimate of drug-likeness (QED) is 0.489. The van der Waals surface area contributed by atoms with Crippen LogP contribution in [0.25, 0.3) is 0 Å². The summed E-state index contributed by atoms with van der Waals surface area (Å²) in [6, 6.07) is -0.602. The van der Waals surface area contributed by atoms with Gasteiger partial charge in [0.1, 0.15) is 11.6 Å². The first-order valence-electron chi connectivity index (χ1n) is 9.04. The van der Waals surface area contributed by atoms with Crippen molar-refractivity contribution in [2.24, 2.45) is 0 Å². The smallest absolute Gasteiger partial charge is 0.407 e. The van der Waals surface area contributed by atoms with Gasteiger partial charge in [-0.15, -0.1) is 0 Å². The molecule has 0 heterocycles. The number of nitrogens with one attached hydrogen (secondary N) is 2. The van der Waals surface area contributed by atoms with Crippen LogP contribution in [0.4, 0.5) is 4.79 Å². The Bertz CT molecular complexity index is 469. The normalized spacial score (nSPS) is 15.2. The van der Waals surface area contributed by atoms with Crippen LogP contribution in [0.5, 0.6) is 0 Å². The average molecular weight is 391 g/mol. The topological polar surface area (TPSA) is 85.9 Å². The number of methoxy groups -OCH3 is 1. The maximum absolute atomic E-state index is 12.1. The maximum atomic E-state index is 12.1. The van der Waals surface area contributed by atoms with E-state index in [0.29, 0.717) is 13.0 Å². The number of carbonyl (C=O) groups is 2. The third-order valence-corrected chi connectivity index (χ3v) is 8.99. The fourth-order valence-electron chi connectivity index (χ4n) is 2.06. The molecule has 2 atom stereocenters. The average Bonchev–Trinajstić information content (AvgIpc) is 2.43. The van der Waals surface area contributed by atoms with Gasteiger partial charge in [0.05, 0.1) is 13.2 Å². The highest BCUT2D eigenvalue weighted by Crippen LogP contribution is 2.38. The summed E-state index contributed by atoms with van der Waals surface area (Å²) in [7, 11) is 0.943. The molecule has 0 aromatic heterocycles. The highest BCUT2D eigenvalue weighted by molar-refractivity contribution is 6.74. The van der Waals surface area contributed by atoms with Gasteiger partial charge in [-0.3, -0.25) is 4.79 Å². The summed E-state index contributed by atoms with van der Waals surface area (Å²) in [5.41, 5.74) is -0.555. The van der Waals surface area contributed by atoms with Gasteiger partial charge in [-0.05, 0) is 52.4 Å². The fourth-order valence-corrected chi connectivity index (χ4v) is 3.43. The number of hydrogen-bond acceptors (Lipinski definition) is 6. The molecule has 0 aromatic rings. The fraction of sp³-hybridized carbons (Fsp3) is 0.889. The molecule has 8 heteroatoms. The minimum Gasteiger partial charge on any atom is -0.468 e. The molecule has 154 valence electrons. The molecule has 0 spiro atoms. The van der Waals surface area contributed by atoms with Crippen molar-refractivity contribution in [3.8, 4) is 0 Å². The van der Waals surface area contributed by atoms with E-state index in [0.717, 1.165) is 0 Å².